The zero-order valence-corrected chi connectivity index (χ0v) is 17.6. The molecule has 3 aromatic rings. The van der Waals surface area contributed by atoms with E-state index < -0.39 is 0 Å². The lowest BCUT2D eigenvalue weighted by molar-refractivity contribution is 1.01. The van der Waals surface area contributed by atoms with Crippen molar-refractivity contribution in [1.29, 1.82) is 0 Å². The zero-order chi connectivity index (χ0) is 20.6. The van der Waals surface area contributed by atoms with Crippen molar-refractivity contribution in [1.82, 2.24) is 15.0 Å². The lowest BCUT2D eigenvalue weighted by Crippen LogP contribution is -2.21. The Hall–Kier alpha value is -2.85. The van der Waals surface area contributed by atoms with E-state index in [0.29, 0.717) is 29.6 Å². The Morgan fingerprint density at radius 1 is 1.31 bits per heavy atom. The van der Waals surface area contributed by atoms with Crippen LogP contribution in [0.15, 0.2) is 45.6 Å². The maximum atomic E-state index is 12.3. The van der Waals surface area contributed by atoms with Crippen molar-refractivity contribution in [2.45, 2.75) is 19.1 Å². The topological polar surface area (TPSA) is 135 Å². The van der Waals surface area contributed by atoms with Gasteiger partial charge in [-0.1, -0.05) is 29.8 Å². The highest BCUT2D eigenvalue weighted by Gasteiger charge is 2.05. The molecule has 0 saturated carbocycles. The minimum Gasteiger partial charge on any atom is -0.370 e. The maximum Gasteiger partial charge on any atom is 0.255 e. The van der Waals surface area contributed by atoms with E-state index in [1.807, 2.05) is 36.6 Å². The molecular weight excluding hydrogens is 406 g/mol. The number of thiazole rings is 1. The average molecular weight is 430 g/mol. The van der Waals surface area contributed by atoms with Gasteiger partial charge >= 0.3 is 0 Å². The van der Waals surface area contributed by atoms with Gasteiger partial charge in [0, 0.05) is 41.6 Å². The summed E-state index contributed by atoms with van der Waals surface area (Å²) in [6, 6.07) is 8.14. The summed E-state index contributed by atoms with van der Waals surface area (Å²) in [5, 5.41) is 5.64. The van der Waals surface area contributed by atoms with Gasteiger partial charge in [-0.15, -0.1) is 11.3 Å². The number of anilines is 1. The van der Waals surface area contributed by atoms with Crippen LogP contribution in [0.4, 0.5) is 11.1 Å². The first kappa shape index (κ1) is 20.9. The Bertz CT molecular complexity index is 1020. The largest absolute Gasteiger partial charge is 0.370 e. The highest BCUT2D eigenvalue weighted by molar-refractivity contribution is 7.98. The first-order valence-corrected chi connectivity index (χ1v) is 11.0. The molecule has 29 heavy (non-hydrogen) atoms. The van der Waals surface area contributed by atoms with Crippen LogP contribution >= 0.6 is 23.1 Å². The van der Waals surface area contributed by atoms with Gasteiger partial charge in [-0.2, -0.15) is 16.8 Å². The summed E-state index contributed by atoms with van der Waals surface area (Å²) in [5.74, 6) is 2.09. The molecule has 0 unspecified atom stereocenters. The third-order valence-corrected chi connectivity index (χ3v) is 5.72. The number of aryl methyl sites for hydroxylation is 1. The predicted molar refractivity (Wildman–Crippen MR) is 121 cm³/mol. The maximum absolute atomic E-state index is 12.3. The summed E-state index contributed by atoms with van der Waals surface area (Å²) in [6.45, 7) is 2.72. The van der Waals surface area contributed by atoms with Crippen molar-refractivity contribution < 1.29 is 0 Å². The Morgan fingerprint density at radius 2 is 2.10 bits per heavy atom. The van der Waals surface area contributed by atoms with Crippen LogP contribution < -0.4 is 22.3 Å². The number of hydrogen-bond donors (Lipinski definition) is 4. The van der Waals surface area contributed by atoms with Gasteiger partial charge < -0.3 is 16.8 Å². The van der Waals surface area contributed by atoms with Crippen molar-refractivity contribution >= 4 is 40.1 Å². The monoisotopic (exact) mass is 429 g/mol. The van der Waals surface area contributed by atoms with Crippen LogP contribution in [-0.2, 0) is 12.2 Å². The first-order valence-electron chi connectivity index (χ1n) is 8.99. The molecular formula is C19H23N7OS2. The molecule has 3 rings (SSSR count). The summed E-state index contributed by atoms with van der Waals surface area (Å²) >= 11 is 3.12. The summed E-state index contributed by atoms with van der Waals surface area (Å²) in [6.07, 6.45) is 2.20. The number of thioether (sulfide) groups is 1. The van der Waals surface area contributed by atoms with Crippen LogP contribution in [0.25, 0.3) is 0 Å². The third-order valence-electron chi connectivity index (χ3n) is 3.94. The highest BCUT2D eigenvalue weighted by Crippen LogP contribution is 2.21. The molecule has 8 nitrogen and oxygen atoms in total. The number of hydrogen-bond acceptors (Lipinski definition) is 7. The molecule has 0 radical (unpaired) electrons. The van der Waals surface area contributed by atoms with Gasteiger partial charge in [0.15, 0.2) is 5.96 Å². The standard InChI is InChI=1S/C19H23N7OS2/c1-12-2-4-13(5-3-12)8-14-9-23-18(25-16(14)27)22-6-7-28-10-15-11-29-19(24-15)26-17(20)21/h2-5,9,11H,6-8,10H2,1H3,(H4,20,21,24,26)(H2,22,23,25,27). The van der Waals surface area contributed by atoms with Crippen LogP contribution in [0.3, 0.4) is 0 Å². The molecule has 0 aliphatic rings. The number of benzene rings is 1. The average Bonchev–Trinajstić information content (AvgIpc) is 3.12. The van der Waals surface area contributed by atoms with Crippen LogP contribution in [-0.4, -0.2) is 33.2 Å². The zero-order valence-electron chi connectivity index (χ0n) is 16.0. The van der Waals surface area contributed by atoms with Gasteiger partial charge in [-0.05, 0) is 12.5 Å². The van der Waals surface area contributed by atoms with Crippen LogP contribution in [0.2, 0.25) is 0 Å². The molecule has 0 amide bonds. The summed E-state index contributed by atoms with van der Waals surface area (Å²) in [5.41, 5.74) is 14.4. The molecule has 0 aliphatic carbocycles. The smallest absolute Gasteiger partial charge is 0.255 e. The van der Waals surface area contributed by atoms with Crippen molar-refractivity contribution in [2.24, 2.45) is 16.5 Å². The highest BCUT2D eigenvalue weighted by atomic mass is 32.2. The second-order valence-corrected chi connectivity index (χ2v) is 8.33. The second kappa shape index (κ2) is 10.1. The van der Waals surface area contributed by atoms with E-state index in [1.54, 1.807) is 18.0 Å². The molecule has 0 fully saturated rings. The Labute approximate surface area is 176 Å². The Kier molecular flexibility index (Phi) is 7.25. The lowest BCUT2D eigenvalue weighted by atomic mass is 10.1. The number of nitrogens with zero attached hydrogens (tertiary/aromatic N) is 3. The van der Waals surface area contributed by atoms with Gasteiger partial charge in [0.1, 0.15) is 0 Å². The van der Waals surface area contributed by atoms with E-state index in [9.17, 15) is 4.79 Å². The number of nitrogens with two attached hydrogens (primary N) is 2. The van der Waals surface area contributed by atoms with E-state index in [1.165, 1.54) is 16.9 Å². The van der Waals surface area contributed by atoms with Gasteiger partial charge in [0.25, 0.3) is 5.56 Å². The van der Waals surface area contributed by atoms with Crippen LogP contribution in [0.5, 0.6) is 0 Å². The second-order valence-electron chi connectivity index (χ2n) is 6.39. The molecule has 10 heteroatoms. The number of rotatable bonds is 9. The molecule has 1 aromatic carbocycles. The van der Waals surface area contributed by atoms with Gasteiger partial charge in [-0.3, -0.25) is 9.78 Å². The Balaban J connectivity index is 1.43. The van der Waals surface area contributed by atoms with E-state index >= 15 is 0 Å². The Morgan fingerprint density at radius 3 is 2.83 bits per heavy atom. The quantitative estimate of drug-likeness (QED) is 0.233. The molecule has 2 heterocycles. The fraction of sp³-hybridized carbons (Fsp3) is 0.263. The van der Waals surface area contributed by atoms with Gasteiger partial charge in [-0.25, -0.2) is 9.97 Å². The number of guanidine groups is 1. The fourth-order valence-electron chi connectivity index (χ4n) is 2.51. The van der Waals surface area contributed by atoms with E-state index in [4.69, 9.17) is 11.5 Å². The lowest BCUT2D eigenvalue weighted by Gasteiger charge is -2.06. The normalized spacial score (nSPS) is 10.7. The summed E-state index contributed by atoms with van der Waals surface area (Å²) in [4.78, 5) is 27.7. The number of aromatic nitrogens is 3. The molecule has 0 spiro atoms. The number of H-pyrrole nitrogens is 1. The van der Waals surface area contributed by atoms with Crippen molar-refractivity contribution in [3.05, 3.63) is 68.6 Å². The number of nitrogens with one attached hydrogen (secondary N) is 2. The van der Waals surface area contributed by atoms with E-state index in [-0.39, 0.29) is 11.5 Å². The van der Waals surface area contributed by atoms with Gasteiger partial charge in [0.05, 0.1) is 5.69 Å². The summed E-state index contributed by atoms with van der Waals surface area (Å²) in [7, 11) is 0. The fourth-order valence-corrected chi connectivity index (χ4v) is 4.06. The molecule has 0 aliphatic heterocycles. The van der Waals surface area contributed by atoms with E-state index in [2.05, 4.69) is 25.3 Å². The van der Waals surface area contributed by atoms with Gasteiger partial charge in [0.2, 0.25) is 11.1 Å². The third kappa shape index (κ3) is 6.61. The van der Waals surface area contributed by atoms with Crippen LogP contribution in [0.1, 0.15) is 22.4 Å². The molecule has 0 saturated heterocycles. The number of aromatic amines is 1. The predicted octanol–water partition coefficient (Wildman–Crippen LogP) is 2.38. The van der Waals surface area contributed by atoms with E-state index in [0.717, 1.165) is 22.8 Å². The molecule has 0 atom stereocenters. The molecule has 2 aromatic heterocycles. The molecule has 0 bridgehead atoms. The number of aliphatic imine (C=N–C) groups is 1. The first-order chi connectivity index (χ1) is 14.0. The van der Waals surface area contributed by atoms with Crippen molar-refractivity contribution in [2.75, 3.05) is 17.6 Å². The van der Waals surface area contributed by atoms with Crippen LogP contribution in [0, 0.1) is 6.92 Å². The molecule has 6 N–H and O–H groups in total. The molecule has 152 valence electrons. The minimum atomic E-state index is -0.120. The SMILES string of the molecule is Cc1ccc(Cc2cnc(NCCSCc3csc(N=C(N)N)n3)[nH]c2=O)cc1. The van der Waals surface area contributed by atoms with Crippen molar-refractivity contribution in [3.8, 4) is 0 Å². The van der Waals surface area contributed by atoms with Crippen molar-refractivity contribution in [3.63, 3.8) is 0 Å². The summed E-state index contributed by atoms with van der Waals surface area (Å²) < 4.78 is 0. The minimum absolute atomic E-state index is 0.00845.